The van der Waals surface area contributed by atoms with E-state index in [4.69, 9.17) is 36.1 Å². The Kier molecular flexibility index (Phi) is 7.68. The molecule has 0 radical (unpaired) electrons. The molecule has 13 nitrogen and oxygen atoms in total. The summed E-state index contributed by atoms with van der Waals surface area (Å²) in [5.41, 5.74) is 5.16. The second-order valence-corrected chi connectivity index (χ2v) is 12.1. The molecule has 198 valence electrons. The lowest BCUT2D eigenvalue weighted by Crippen LogP contribution is -2.33. The number of nitrogens with two attached hydrogens (primary N) is 1. The van der Waals surface area contributed by atoms with Crippen LogP contribution in [0.1, 0.15) is 50.3 Å². The number of rotatable bonds is 7. The first kappa shape index (κ1) is 26.9. The fourth-order valence-corrected chi connectivity index (χ4v) is 5.80. The lowest BCUT2D eigenvalue weighted by Gasteiger charge is -2.24. The molecule has 2 aliphatic heterocycles. The molecule has 4 rings (SSSR count). The van der Waals surface area contributed by atoms with Crippen LogP contribution in [-0.4, -0.2) is 48.9 Å². The summed E-state index contributed by atoms with van der Waals surface area (Å²) in [6.45, 7) is 3.29. The standard InChI is InChI=1S/C21H30N5O8PS/c1-10-5-16(25-7-11(2)18(22)23-20(25)28)33-15(10)9-31-35(30,36)34-14-6-17(32-13(14)4)26-8-12(3)19(27)24-21(26)29/h7-8,10,13-17H,5-6,9H2,1-4H3,(H,30,36)(H2,22,23,28)(H,24,27,29)/t10-,13+,14-,15+,16+,17+,35?/m0/s1. The molecule has 2 aliphatic rings. The van der Waals surface area contributed by atoms with Crippen molar-refractivity contribution in [2.75, 3.05) is 12.3 Å². The first-order valence-corrected chi connectivity index (χ1v) is 14.1. The predicted molar refractivity (Wildman–Crippen MR) is 133 cm³/mol. The largest absolute Gasteiger partial charge is 0.383 e. The van der Waals surface area contributed by atoms with Crippen LogP contribution in [0.5, 0.6) is 0 Å². The number of H-pyrrole nitrogens is 1. The summed E-state index contributed by atoms with van der Waals surface area (Å²) in [6, 6.07) is 0. The highest BCUT2D eigenvalue weighted by molar-refractivity contribution is 8.07. The van der Waals surface area contributed by atoms with Gasteiger partial charge >= 0.3 is 18.1 Å². The number of nitrogens with one attached hydrogen (secondary N) is 1. The van der Waals surface area contributed by atoms with Crippen LogP contribution >= 0.6 is 6.72 Å². The summed E-state index contributed by atoms with van der Waals surface area (Å²) in [7, 11) is 0. The van der Waals surface area contributed by atoms with Gasteiger partial charge in [-0.3, -0.25) is 18.9 Å². The van der Waals surface area contributed by atoms with Crippen molar-refractivity contribution < 1.29 is 23.4 Å². The Hall–Kier alpha value is -2.19. The zero-order chi connectivity index (χ0) is 26.4. The van der Waals surface area contributed by atoms with Gasteiger partial charge in [-0.15, -0.1) is 0 Å². The fraction of sp³-hybridized carbons (Fsp3) is 0.619. The monoisotopic (exact) mass is 543 g/mol. The van der Waals surface area contributed by atoms with Crippen LogP contribution in [0.3, 0.4) is 0 Å². The average Bonchev–Trinajstić information content (AvgIpc) is 3.33. The molecule has 0 aromatic carbocycles. The topological polar surface area (TPSA) is 173 Å². The maximum absolute atomic E-state index is 12.3. The Bertz CT molecular complexity index is 1360. The number of ether oxygens (including phenoxy) is 2. The molecule has 1 unspecified atom stereocenters. The molecule has 4 N–H and O–H groups in total. The Balaban J connectivity index is 1.36. The van der Waals surface area contributed by atoms with Crippen molar-refractivity contribution in [1.82, 2.24) is 19.1 Å². The van der Waals surface area contributed by atoms with E-state index in [2.05, 4.69) is 9.97 Å². The molecular formula is C21H30N5O8PS. The fourth-order valence-electron chi connectivity index (χ4n) is 4.29. The maximum atomic E-state index is 12.3. The Morgan fingerprint density at radius 2 is 1.83 bits per heavy atom. The van der Waals surface area contributed by atoms with Crippen LogP contribution in [0.15, 0.2) is 26.8 Å². The molecule has 2 fully saturated rings. The summed E-state index contributed by atoms with van der Waals surface area (Å²) >= 11 is 5.22. The van der Waals surface area contributed by atoms with Crippen LogP contribution < -0.4 is 22.7 Å². The van der Waals surface area contributed by atoms with E-state index in [9.17, 15) is 19.3 Å². The summed E-state index contributed by atoms with van der Waals surface area (Å²) in [4.78, 5) is 52.9. The van der Waals surface area contributed by atoms with E-state index in [1.165, 1.54) is 15.3 Å². The van der Waals surface area contributed by atoms with E-state index in [1.807, 2.05) is 6.92 Å². The van der Waals surface area contributed by atoms with Gasteiger partial charge in [0.05, 0.1) is 24.9 Å². The molecule has 0 spiro atoms. The van der Waals surface area contributed by atoms with Crippen molar-refractivity contribution in [3.05, 3.63) is 54.8 Å². The quantitative estimate of drug-likeness (QED) is 0.422. The zero-order valence-electron chi connectivity index (χ0n) is 20.3. The number of aromatic amines is 1. The van der Waals surface area contributed by atoms with Gasteiger partial charge in [0.25, 0.3) is 5.56 Å². The van der Waals surface area contributed by atoms with E-state index in [-0.39, 0.29) is 24.8 Å². The van der Waals surface area contributed by atoms with Crippen molar-refractivity contribution in [3.8, 4) is 0 Å². The molecule has 15 heteroatoms. The molecule has 0 aliphatic carbocycles. The molecule has 0 amide bonds. The number of aryl methyl sites for hydroxylation is 2. The molecule has 7 atom stereocenters. The number of nitrogen functional groups attached to an aromatic ring is 1. The Morgan fingerprint density at radius 3 is 2.56 bits per heavy atom. The van der Waals surface area contributed by atoms with Gasteiger partial charge < -0.3 is 29.1 Å². The molecular weight excluding hydrogens is 513 g/mol. The average molecular weight is 544 g/mol. The van der Waals surface area contributed by atoms with Crippen molar-refractivity contribution in [2.45, 2.75) is 71.3 Å². The van der Waals surface area contributed by atoms with Gasteiger partial charge in [-0.25, -0.2) is 9.59 Å². The molecule has 4 heterocycles. The number of hydrogen-bond donors (Lipinski definition) is 3. The van der Waals surface area contributed by atoms with E-state index in [0.717, 1.165) is 0 Å². The van der Waals surface area contributed by atoms with Crippen LogP contribution in [0.25, 0.3) is 0 Å². The third-order valence-electron chi connectivity index (χ3n) is 6.48. The first-order chi connectivity index (χ1) is 16.8. The number of anilines is 1. The summed E-state index contributed by atoms with van der Waals surface area (Å²) in [5.74, 6) is 0.177. The SMILES string of the molecule is Cc1cn([C@H]2C[C@H](C)[C@@H](COP(O)(=S)O[C@H]3C[C@H](n4cc(C)c(=O)[nH]c4=O)O[C@@H]3C)O2)c(=O)nc1N. The third-order valence-corrected chi connectivity index (χ3v) is 8.07. The summed E-state index contributed by atoms with van der Waals surface area (Å²) in [6.07, 6.45) is 0.976. The highest BCUT2D eigenvalue weighted by Crippen LogP contribution is 2.49. The van der Waals surface area contributed by atoms with E-state index in [1.54, 1.807) is 27.0 Å². The van der Waals surface area contributed by atoms with Crippen LogP contribution in [0.2, 0.25) is 0 Å². The minimum Gasteiger partial charge on any atom is -0.383 e. The lowest BCUT2D eigenvalue weighted by molar-refractivity contribution is -0.0332. The normalized spacial score (nSPS) is 29.9. The molecule has 2 saturated heterocycles. The Labute approximate surface area is 211 Å². The zero-order valence-corrected chi connectivity index (χ0v) is 22.0. The van der Waals surface area contributed by atoms with E-state index >= 15 is 0 Å². The van der Waals surface area contributed by atoms with E-state index < -0.39 is 54.4 Å². The van der Waals surface area contributed by atoms with Gasteiger partial charge in [-0.2, -0.15) is 4.98 Å². The van der Waals surface area contributed by atoms with Crippen molar-refractivity contribution in [3.63, 3.8) is 0 Å². The van der Waals surface area contributed by atoms with Crippen LogP contribution in [0.4, 0.5) is 5.82 Å². The molecule has 0 saturated carbocycles. The van der Waals surface area contributed by atoms with Crippen molar-refractivity contribution in [2.24, 2.45) is 5.92 Å². The Morgan fingerprint density at radius 1 is 1.17 bits per heavy atom. The number of nitrogens with zero attached hydrogens (tertiary/aromatic N) is 3. The van der Waals surface area contributed by atoms with Gasteiger partial charge in [0.15, 0.2) is 0 Å². The third kappa shape index (κ3) is 5.70. The molecule has 36 heavy (non-hydrogen) atoms. The van der Waals surface area contributed by atoms with Crippen molar-refractivity contribution >= 4 is 24.3 Å². The number of aromatic nitrogens is 4. The van der Waals surface area contributed by atoms with Crippen LogP contribution in [-0.2, 0) is 30.3 Å². The molecule has 0 bridgehead atoms. The van der Waals surface area contributed by atoms with E-state index in [0.29, 0.717) is 17.5 Å². The molecule has 2 aromatic heterocycles. The van der Waals surface area contributed by atoms with Crippen LogP contribution in [0, 0.1) is 19.8 Å². The maximum Gasteiger partial charge on any atom is 0.351 e. The predicted octanol–water partition coefficient (Wildman–Crippen LogP) is 0.842. The van der Waals surface area contributed by atoms with Crippen molar-refractivity contribution in [1.29, 1.82) is 0 Å². The smallest absolute Gasteiger partial charge is 0.351 e. The molecule has 2 aromatic rings. The van der Waals surface area contributed by atoms with Gasteiger partial charge in [0, 0.05) is 29.9 Å². The lowest BCUT2D eigenvalue weighted by atomic mass is 10.0. The summed E-state index contributed by atoms with van der Waals surface area (Å²) < 4.78 is 25.8. The van der Waals surface area contributed by atoms with Gasteiger partial charge in [-0.1, -0.05) is 6.92 Å². The van der Waals surface area contributed by atoms with Gasteiger partial charge in [0.2, 0.25) is 0 Å². The van der Waals surface area contributed by atoms with Gasteiger partial charge in [0.1, 0.15) is 18.3 Å². The first-order valence-electron chi connectivity index (χ1n) is 11.5. The second kappa shape index (κ2) is 10.3. The van der Waals surface area contributed by atoms with Gasteiger partial charge in [-0.05, 0) is 44.9 Å². The highest BCUT2D eigenvalue weighted by atomic mass is 32.5. The second-order valence-electron chi connectivity index (χ2n) is 9.26. The highest BCUT2D eigenvalue weighted by Gasteiger charge is 2.40. The minimum atomic E-state index is -3.69. The minimum absolute atomic E-state index is 0.00299. The number of hydrogen-bond acceptors (Lipinski definition) is 10. The summed E-state index contributed by atoms with van der Waals surface area (Å²) in [5, 5.41) is 0.